The topological polar surface area (TPSA) is 42.2 Å². The molecule has 0 spiro atoms. The van der Waals surface area contributed by atoms with Crippen LogP contribution in [0.1, 0.15) is 0 Å². The number of hydrogen-bond donors (Lipinski definition) is 0. The summed E-state index contributed by atoms with van der Waals surface area (Å²) in [7, 11) is 0. The van der Waals surface area contributed by atoms with Crippen molar-refractivity contribution >= 4 is 92.2 Å². The van der Waals surface area contributed by atoms with E-state index < -0.39 is 0 Å². The highest BCUT2D eigenvalue weighted by atomic mass is 32.1. The zero-order valence-electron chi connectivity index (χ0n) is 28.2. The summed E-state index contributed by atoms with van der Waals surface area (Å²) in [4.78, 5) is 13.1. The van der Waals surface area contributed by atoms with E-state index in [0.717, 1.165) is 50.4 Å². The largest absolute Gasteiger partial charge is 0.452 e. The van der Waals surface area contributed by atoms with Gasteiger partial charge in [0.15, 0.2) is 11.4 Å². The molecule has 0 unspecified atom stereocenters. The number of para-hydroxylation sites is 1. The van der Waals surface area contributed by atoms with Gasteiger partial charge in [-0.25, -0.2) is 9.97 Å². The number of thiophene rings is 1. The fourth-order valence-electron chi connectivity index (χ4n) is 8.47. The molecule has 0 saturated carbocycles. The van der Waals surface area contributed by atoms with Crippen molar-refractivity contribution in [3.8, 4) is 33.8 Å². The van der Waals surface area contributed by atoms with E-state index in [2.05, 4.69) is 150 Å². The predicted octanol–water partition coefficient (Wildman–Crippen LogP) is 13.8. The number of hydrogen-bond acceptors (Lipinski definition) is 5. The van der Waals surface area contributed by atoms with E-state index in [1.165, 1.54) is 52.8 Å². The summed E-state index contributed by atoms with van der Waals surface area (Å²) in [5.41, 5.74) is 11.0. The number of nitrogens with zero attached hydrogens (tertiary/aromatic N) is 3. The molecule has 0 atom stereocenters. The van der Waals surface area contributed by atoms with Crippen LogP contribution in [0.3, 0.4) is 0 Å². The second-order valence-electron chi connectivity index (χ2n) is 13.7. The minimum Gasteiger partial charge on any atom is -0.452 e. The Hall–Kier alpha value is -6.82. The molecule has 1 aliphatic heterocycles. The molecule has 12 rings (SSSR count). The maximum absolute atomic E-state index is 6.58. The van der Waals surface area contributed by atoms with Crippen LogP contribution in [-0.4, -0.2) is 9.97 Å². The van der Waals surface area contributed by atoms with Gasteiger partial charge in [0.25, 0.3) is 0 Å². The molecule has 4 heterocycles. The van der Waals surface area contributed by atoms with Crippen LogP contribution in [0, 0.1) is 0 Å². The van der Waals surface area contributed by atoms with Gasteiger partial charge in [-0.15, -0.1) is 11.3 Å². The lowest BCUT2D eigenvalue weighted by atomic mass is 9.87. The fourth-order valence-corrected chi connectivity index (χ4v) is 9.69. The molecule has 0 fully saturated rings. The van der Waals surface area contributed by atoms with Crippen molar-refractivity contribution in [2.45, 2.75) is 0 Å². The SMILES string of the molecule is c1cc(-c2nc(-c3cccc4c3sc3ccccc34)c3oc4ccccc4c3n2)cc(N2c3ccc4ccccc4c3-c3cccc4cccc2c34)c1. The van der Waals surface area contributed by atoms with Crippen LogP contribution in [0.15, 0.2) is 168 Å². The van der Waals surface area contributed by atoms with Gasteiger partial charge in [-0.2, -0.15) is 0 Å². The molecule has 1 aliphatic rings. The highest BCUT2D eigenvalue weighted by Crippen LogP contribution is 2.53. The van der Waals surface area contributed by atoms with Gasteiger partial charge >= 0.3 is 0 Å². The van der Waals surface area contributed by atoms with Crippen molar-refractivity contribution in [3.63, 3.8) is 0 Å². The molecule has 0 amide bonds. The fraction of sp³-hybridized carbons (Fsp3) is 0. The molecule has 3 aromatic heterocycles. The highest BCUT2D eigenvalue weighted by Gasteiger charge is 2.28. The average molecular weight is 694 g/mol. The van der Waals surface area contributed by atoms with Crippen molar-refractivity contribution in [2.75, 3.05) is 4.90 Å². The molecule has 246 valence electrons. The molecule has 0 radical (unpaired) electrons. The lowest BCUT2D eigenvalue weighted by molar-refractivity contribution is 0.667. The second kappa shape index (κ2) is 10.8. The summed E-state index contributed by atoms with van der Waals surface area (Å²) in [5.74, 6) is 0.661. The third kappa shape index (κ3) is 4.11. The Balaban J connectivity index is 1.11. The second-order valence-corrected chi connectivity index (χ2v) is 14.8. The normalized spacial score (nSPS) is 12.5. The van der Waals surface area contributed by atoms with Crippen LogP contribution in [0.2, 0.25) is 0 Å². The minimum atomic E-state index is 0.661. The van der Waals surface area contributed by atoms with Gasteiger partial charge in [-0.3, -0.25) is 0 Å². The molecule has 11 aromatic rings. The highest BCUT2D eigenvalue weighted by molar-refractivity contribution is 7.26. The van der Waals surface area contributed by atoms with Crippen LogP contribution in [0.4, 0.5) is 17.1 Å². The van der Waals surface area contributed by atoms with Gasteiger partial charge in [0, 0.05) is 53.3 Å². The molecule has 4 nitrogen and oxygen atoms in total. The molecular weight excluding hydrogens is 667 g/mol. The van der Waals surface area contributed by atoms with Gasteiger partial charge in [0.2, 0.25) is 0 Å². The van der Waals surface area contributed by atoms with Crippen LogP contribution in [0.25, 0.3) is 97.6 Å². The van der Waals surface area contributed by atoms with Crippen molar-refractivity contribution in [1.82, 2.24) is 9.97 Å². The first-order valence-corrected chi connectivity index (χ1v) is 18.6. The number of fused-ring (bicyclic) bond motifs is 10. The van der Waals surface area contributed by atoms with Gasteiger partial charge in [-0.1, -0.05) is 121 Å². The zero-order valence-corrected chi connectivity index (χ0v) is 29.1. The van der Waals surface area contributed by atoms with Gasteiger partial charge in [0.05, 0.1) is 11.4 Å². The molecule has 0 N–H and O–H groups in total. The first kappa shape index (κ1) is 28.8. The maximum Gasteiger partial charge on any atom is 0.180 e. The Kier molecular flexibility index (Phi) is 5.90. The number of rotatable bonds is 3. The van der Waals surface area contributed by atoms with E-state index in [4.69, 9.17) is 14.4 Å². The lowest BCUT2D eigenvalue weighted by Crippen LogP contribution is -2.15. The molecule has 0 bridgehead atoms. The van der Waals surface area contributed by atoms with Gasteiger partial charge in [-0.05, 0) is 64.2 Å². The summed E-state index contributed by atoms with van der Waals surface area (Å²) in [6.45, 7) is 0. The van der Waals surface area contributed by atoms with Crippen LogP contribution >= 0.6 is 11.3 Å². The molecule has 53 heavy (non-hydrogen) atoms. The van der Waals surface area contributed by atoms with E-state index in [9.17, 15) is 0 Å². The van der Waals surface area contributed by atoms with Crippen molar-refractivity contribution in [1.29, 1.82) is 0 Å². The smallest absolute Gasteiger partial charge is 0.180 e. The maximum atomic E-state index is 6.58. The Morgan fingerprint density at radius 1 is 0.528 bits per heavy atom. The van der Waals surface area contributed by atoms with Crippen molar-refractivity contribution < 1.29 is 4.42 Å². The van der Waals surface area contributed by atoms with E-state index in [1.54, 1.807) is 11.3 Å². The number of anilines is 3. The van der Waals surface area contributed by atoms with Crippen LogP contribution in [-0.2, 0) is 0 Å². The summed E-state index contributed by atoms with van der Waals surface area (Å²) < 4.78 is 9.03. The molecule has 5 heteroatoms. The minimum absolute atomic E-state index is 0.661. The third-order valence-electron chi connectivity index (χ3n) is 10.8. The first-order chi connectivity index (χ1) is 26.3. The first-order valence-electron chi connectivity index (χ1n) is 17.8. The Bertz CT molecular complexity index is 3320. The van der Waals surface area contributed by atoms with Crippen LogP contribution in [0.5, 0.6) is 0 Å². The molecule has 8 aromatic carbocycles. The van der Waals surface area contributed by atoms with E-state index >= 15 is 0 Å². The van der Waals surface area contributed by atoms with E-state index in [-0.39, 0.29) is 0 Å². The Labute approximate surface area is 307 Å². The molecule has 0 aliphatic carbocycles. The van der Waals surface area contributed by atoms with Crippen molar-refractivity contribution in [2.24, 2.45) is 0 Å². The van der Waals surface area contributed by atoms with Crippen molar-refractivity contribution in [3.05, 3.63) is 164 Å². The number of benzene rings is 8. The zero-order chi connectivity index (χ0) is 34.6. The third-order valence-corrected chi connectivity index (χ3v) is 12.0. The summed E-state index contributed by atoms with van der Waals surface area (Å²) in [5, 5.41) is 8.40. The van der Waals surface area contributed by atoms with E-state index in [0.29, 0.717) is 11.4 Å². The van der Waals surface area contributed by atoms with E-state index in [1.807, 2.05) is 18.2 Å². The van der Waals surface area contributed by atoms with Gasteiger partial charge < -0.3 is 9.32 Å². The monoisotopic (exact) mass is 693 g/mol. The summed E-state index contributed by atoms with van der Waals surface area (Å²) in [6.07, 6.45) is 0. The molecule has 0 saturated heterocycles. The Morgan fingerprint density at radius 2 is 1.26 bits per heavy atom. The predicted molar refractivity (Wildman–Crippen MR) is 222 cm³/mol. The quantitative estimate of drug-likeness (QED) is 0.185. The Morgan fingerprint density at radius 3 is 2.21 bits per heavy atom. The average Bonchev–Trinajstić information content (AvgIpc) is 3.79. The van der Waals surface area contributed by atoms with Crippen LogP contribution < -0.4 is 4.90 Å². The standard InChI is InChI=1S/C48H27N3OS/c1-2-16-32-28(11-1)25-26-39-43(32)36-20-8-12-29-13-9-22-38(42(29)36)51(39)31-15-7-14-30(27-31)48-49-44-35-18-3-5-23-40(35)52-46(44)45(50-48)37-21-10-19-34-33-17-4-6-24-41(33)53-47(34)37/h1-27H. The van der Waals surface area contributed by atoms with Gasteiger partial charge in [0.1, 0.15) is 16.8 Å². The lowest BCUT2D eigenvalue weighted by Gasteiger charge is -2.34. The summed E-state index contributed by atoms with van der Waals surface area (Å²) >= 11 is 1.80. The molecular formula is C48H27N3OS. The summed E-state index contributed by atoms with van der Waals surface area (Å²) in [6, 6.07) is 58.4. The number of furan rings is 1. The number of aromatic nitrogens is 2.